The average Bonchev–Trinajstić information content (AvgIpc) is 3.09. The van der Waals surface area contributed by atoms with E-state index in [9.17, 15) is 4.79 Å². The van der Waals surface area contributed by atoms with Crippen LogP contribution in [0.1, 0.15) is 38.8 Å². The van der Waals surface area contributed by atoms with Crippen molar-refractivity contribution in [2.45, 2.75) is 39.4 Å². The average molecular weight is 393 g/mol. The van der Waals surface area contributed by atoms with Crippen molar-refractivity contribution in [1.29, 1.82) is 0 Å². The molecule has 3 rings (SSSR count). The van der Waals surface area contributed by atoms with Gasteiger partial charge in [0.2, 0.25) is 11.8 Å². The number of aliphatic hydroxyl groups excluding tert-OH is 1. The van der Waals surface area contributed by atoms with Crippen LogP contribution in [0, 0.1) is 0 Å². The molecule has 0 saturated carbocycles. The van der Waals surface area contributed by atoms with Crippen molar-refractivity contribution in [2.24, 2.45) is 0 Å². The van der Waals surface area contributed by atoms with Crippen molar-refractivity contribution in [3.05, 3.63) is 34.9 Å². The van der Waals surface area contributed by atoms with Crippen LogP contribution < -0.4 is 0 Å². The molecule has 1 aliphatic heterocycles. The van der Waals surface area contributed by atoms with E-state index in [4.69, 9.17) is 25.9 Å². The summed E-state index contributed by atoms with van der Waals surface area (Å²) in [4.78, 5) is 18.2. The van der Waals surface area contributed by atoms with Gasteiger partial charge in [-0.05, 0) is 38.8 Å². The van der Waals surface area contributed by atoms with Gasteiger partial charge in [0.1, 0.15) is 12.2 Å². The van der Waals surface area contributed by atoms with Gasteiger partial charge >= 0.3 is 6.09 Å². The fourth-order valence-corrected chi connectivity index (χ4v) is 2.89. The minimum atomic E-state index is -0.521. The van der Waals surface area contributed by atoms with E-state index in [2.05, 4.69) is 15.2 Å². The number of hydrogen-bond donors (Lipinski definition) is 1. The summed E-state index contributed by atoms with van der Waals surface area (Å²) in [5.41, 5.74) is 1.67. The van der Waals surface area contributed by atoms with Crippen LogP contribution in [-0.2, 0) is 11.3 Å². The number of pyridine rings is 1. The van der Waals surface area contributed by atoms with Gasteiger partial charge in [-0.25, -0.2) is 4.79 Å². The highest BCUT2D eigenvalue weighted by Gasteiger charge is 2.25. The minimum Gasteiger partial charge on any atom is -0.444 e. The van der Waals surface area contributed by atoms with Crippen molar-refractivity contribution >= 4 is 23.3 Å². The standard InChI is InChI=1S/C18H21ClN4O4/c1-18(2,3)27-17(25)23-6-4-11(5-7-23)15-13(19)8-12(9-20-15)16-22-21-14(10-24)26-16/h4,8-9,24H,5-7,10H2,1-3H3. The number of hydrogen-bond acceptors (Lipinski definition) is 7. The summed E-state index contributed by atoms with van der Waals surface area (Å²) in [6.07, 6.45) is 3.82. The highest BCUT2D eigenvalue weighted by Crippen LogP contribution is 2.30. The molecule has 0 atom stereocenters. The largest absolute Gasteiger partial charge is 0.444 e. The third-order valence-electron chi connectivity index (χ3n) is 3.86. The zero-order valence-electron chi connectivity index (χ0n) is 15.4. The molecular weight excluding hydrogens is 372 g/mol. The van der Waals surface area contributed by atoms with Gasteiger partial charge in [-0.3, -0.25) is 4.98 Å². The summed E-state index contributed by atoms with van der Waals surface area (Å²) in [5.74, 6) is 0.371. The molecule has 2 aromatic heterocycles. The Kier molecular flexibility index (Phi) is 5.48. The molecule has 3 heterocycles. The van der Waals surface area contributed by atoms with Crippen LogP contribution in [0.3, 0.4) is 0 Å². The quantitative estimate of drug-likeness (QED) is 0.854. The first-order chi connectivity index (χ1) is 12.8. The first-order valence-corrected chi connectivity index (χ1v) is 8.91. The van der Waals surface area contributed by atoms with E-state index in [1.165, 1.54) is 0 Å². The summed E-state index contributed by atoms with van der Waals surface area (Å²) in [6, 6.07) is 1.69. The molecule has 0 spiro atoms. The normalized spacial score (nSPS) is 14.9. The molecule has 9 heteroatoms. The first kappa shape index (κ1) is 19.3. The number of aromatic nitrogens is 3. The number of amides is 1. The minimum absolute atomic E-state index is 0.127. The maximum absolute atomic E-state index is 12.1. The Hall–Kier alpha value is -2.45. The Labute approximate surface area is 161 Å². The van der Waals surface area contributed by atoms with Gasteiger partial charge in [0.15, 0.2) is 0 Å². The van der Waals surface area contributed by atoms with Crippen molar-refractivity contribution in [3.63, 3.8) is 0 Å². The van der Waals surface area contributed by atoms with E-state index in [-0.39, 0.29) is 24.5 Å². The van der Waals surface area contributed by atoms with E-state index in [0.29, 0.717) is 35.8 Å². The molecule has 144 valence electrons. The van der Waals surface area contributed by atoms with Crippen molar-refractivity contribution in [1.82, 2.24) is 20.1 Å². The third kappa shape index (κ3) is 4.64. The van der Waals surface area contributed by atoms with E-state index >= 15 is 0 Å². The molecule has 2 aromatic rings. The first-order valence-electron chi connectivity index (χ1n) is 8.53. The fourth-order valence-electron chi connectivity index (χ4n) is 2.60. The molecule has 8 nitrogen and oxygen atoms in total. The predicted octanol–water partition coefficient (Wildman–Crippen LogP) is 3.30. The van der Waals surface area contributed by atoms with E-state index in [1.807, 2.05) is 26.8 Å². The molecule has 0 aromatic carbocycles. The van der Waals surface area contributed by atoms with Gasteiger partial charge in [0, 0.05) is 19.3 Å². The Morgan fingerprint density at radius 1 is 1.41 bits per heavy atom. The smallest absolute Gasteiger partial charge is 0.410 e. The second-order valence-corrected chi connectivity index (χ2v) is 7.53. The third-order valence-corrected chi connectivity index (χ3v) is 4.14. The van der Waals surface area contributed by atoms with Crippen LogP contribution in [-0.4, -0.2) is 50.0 Å². The maximum atomic E-state index is 12.1. The topological polar surface area (TPSA) is 102 Å². The maximum Gasteiger partial charge on any atom is 0.410 e. The van der Waals surface area contributed by atoms with Gasteiger partial charge in [-0.1, -0.05) is 17.7 Å². The monoisotopic (exact) mass is 392 g/mol. The van der Waals surface area contributed by atoms with Gasteiger partial charge in [-0.2, -0.15) is 0 Å². The zero-order valence-corrected chi connectivity index (χ0v) is 16.2. The molecule has 0 bridgehead atoms. The van der Waals surface area contributed by atoms with E-state index in [0.717, 1.165) is 5.57 Å². The lowest BCUT2D eigenvalue weighted by Gasteiger charge is -2.29. The Bertz CT molecular complexity index is 872. The van der Waals surface area contributed by atoms with Crippen LogP contribution in [0.2, 0.25) is 5.02 Å². The van der Waals surface area contributed by atoms with Crippen LogP contribution in [0.25, 0.3) is 17.0 Å². The molecule has 1 aliphatic rings. The summed E-state index contributed by atoms with van der Waals surface area (Å²) >= 11 is 6.39. The summed E-state index contributed by atoms with van der Waals surface area (Å²) < 4.78 is 10.7. The highest BCUT2D eigenvalue weighted by molar-refractivity contribution is 6.32. The highest BCUT2D eigenvalue weighted by atomic mass is 35.5. The van der Waals surface area contributed by atoms with Crippen molar-refractivity contribution < 1.29 is 19.1 Å². The molecule has 1 amide bonds. The Morgan fingerprint density at radius 3 is 2.74 bits per heavy atom. The molecular formula is C18H21ClN4O4. The zero-order chi connectivity index (χ0) is 19.6. The Balaban J connectivity index is 1.73. The number of nitrogens with zero attached hydrogens (tertiary/aromatic N) is 4. The van der Waals surface area contributed by atoms with Crippen LogP contribution in [0.5, 0.6) is 0 Å². The molecule has 0 radical (unpaired) electrons. The molecule has 0 saturated heterocycles. The predicted molar refractivity (Wildman–Crippen MR) is 98.9 cm³/mol. The summed E-state index contributed by atoms with van der Waals surface area (Å²) in [5, 5.41) is 17.0. The van der Waals surface area contributed by atoms with Crippen LogP contribution in [0.15, 0.2) is 22.8 Å². The lowest BCUT2D eigenvalue weighted by Crippen LogP contribution is -2.39. The molecule has 27 heavy (non-hydrogen) atoms. The number of halogens is 1. The summed E-state index contributed by atoms with van der Waals surface area (Å²) in [6.45, 7) is 6.17. The summed E-state index contributed by atoms with van der Waals surface area (Å²) in [7, 11) is 0. The van der Waals surface area contributed by atoms with Gasteiger partial charge in [-0.15, -0.1) is 10.2 Å². The SMILES string of the molecule is CC(C)(C)OC(=O)N1CC=C(c2ncc(-c3nnc(CO)o3)cc2Cl)CC1. The molecule has 0 fully saturated rings. The van der Waals surface area contributed by atoms with E-state index < -0.39 is 5.60 Å². The van der Waals surface area contributed by atoms with Gasteiger partial charge in [0.05, 0.1) is 16.3 Å². The second kappa shape index (κ2) is 7.66. The van der Waals surface area contributed by atoms with Gasteiger partial charge in [0.25, 0.3) is 0 Å². The second-order valence-electron chi connectivity index (χ2n) is 7.12. The number of ether oxygens (including phenoxy) is 1. The number of rotatable bonds is 3. The Morgan fingerprint density at radius 2 is 2.19 bits per heavy atom. The van der Waals surface area contributed by atoms with Crippen LogP contribution in [0.4, 0.5) is 4.79 Å². The van der Waals surface area contributed by atoms with E-state index in [1.54, 1.807) is 17.2 Å². The lowest BCUT2D eigenvalue weighted by atomic mass is 10.0. The van der Waals surface area contributed by atoms with Crippen molar-refractivity contribution in [3.8, 4) is 11.5 Å². The lowest BCUT2D eigenvalue weighted by molar-refractivity contribution is 0.0270. The number of carbonyl (C=O) groups excluding carboxylic acids is 1. The van der Waals surface area contributed by atoms with Crippen molar-refractivity contribution in [2.75, 3.05) is 13.1 Å². The molecule has 0 aliphatic carbocycles. The molecule has 1 N–H and O–H groups in total. The number of aliphatic hydroxyl groups is 1. The fraction of sp³-hybridized carbons (Fsp3) is 0.444. The van der Waals surface area contributed by atoms with Crippen LogP contribution >= 0.6 is 11.6 Å². The van der Waals surface area contributed by atoms with Gasteiger partial charge < -0.3 is 19.2 Å². The molecule has 0 unspecified atom stereocenters. The number of carbonyl (C=O) groups is 1.